The van der Waals surface area contributed by atoms with Crippen LogP contribution in [0, 0.1) is 6.92 Å². The zero-order chi connectivity index (χ0) is 19.5. The highest BCUT2D eigenvalue weighted by atomic mass is 16.5. The van der Waals surface area contributed by atoms with E-state index in [2.05, 4.69) is 5.32 Å². The summed E-state index contributed by atoms with van der Waals surface area (Å²) in [7, 11) is 1.62. The van der Waals surface area contributed by atoms with E-state index in [0.29, 0.717) is 6.42 Å². The van der Waals surface area contributed by atoms with E-state index < -0.39 is 0 Å². The quantitative estimate of drug-likeness (QED) is 0.562. The second kappa shape index (κ2) is 7.56. The Hall–Kier alpha value is -3.60. The summed E-state index contributed by atoms with van der Waals surface area (Å²) in [6.07, 6.45) is 4.25. The number of methoxy groups -OCH3 is 1. The Morgan fingerprint density at radius 1 is 1.07 bits per heavy atom. The first kappa shape index (κ1) is 17.8. The normalized spacial score (nSPS) is 10.8. The van der Waals surface area contributed by atoms with Gasteiger partial charge in [-0.3, -0.25) is 4.79 Å². The molecule has 0 atom stereocenters. The first-order valence-electron chi connectivity index (χ1n) is 9.10. The van der Waals surface area contributed by atoms with E-state index in [1.807, 2.05) is 84.4 Å². The third-order valence-electron chi connectivity index (χ3n) is 4.68. The molecule has 0 radical (unpaired) electrons. The summed E-state index contributed by atoms with van der Waals surface area (Å²) < 4.78 is 7.16. The predicted octanol–water partition coefficient (Wildman–Crippen LogP) is 4.50. The molecule has 0 spiro atoms. The molecule has 140 valence electrons. The van der Waals surface area contributed by atoms with Crippen LogP contribution in [0.2, 0.25) is 0 Å². The van der Waals surface area contributed by atoms with E-state index in [9.17, 15) is 4.79 Å². The molecule has 0 aliphatic carbocycles. The number of para-hydroxylation sites is 1. The number of aromatic nitrogens is 2. The van der Waals surface area contributed by atoms with Crippen molar-refractivity contribution in [1.82, 2.24) is 9.38 Å². The number of ether oxygens (including phenoxy) is 1. The average molecular weight is 371 g/mol. The number of hydrogen-bond acceptors (Lipinski definition) is 3. The lowest BCUT2D eigenvalue weighted by atomic mass is 10.1. The van der Waals surface area contributed by atoms with Crippen molar-refractivity contribution in [3.63, 3.8) is 0 Å². The van der Waals surface area contributed by atoms with Crippen LogP contribution >= 0.6 is 0 Å². The SMILES string of the molecule is COc1ccc(CC(=O)Nc2ccccc2-c2cn3cccc(C)c3n2)cc1. The number of rotatable bonds is 5. The Morgan fingerprint density at radius 3 is 2.61 bits per heavy atom. The first-order chi connectivity index (χ1) is 13.6. The van der Waals surface area contributed by atoms with E-state index in [1.165, 1.54) is 0 Å². The number of nitrogens with zero attached hydrogens (tertiary/aromatic N) is 2. The lowest BCUT2D eigenvalue weighted by molar-refractivity contribution is -0.115. The van der Waals surface area contributed by atoms with Gasteiger partial charge in [-0.1, -0.05) is 36.4 Å². The number of carbonyl (C=O) groups excluding carboxylic acids is 1. The van der Waals surface area contributed by atoms with Gasteiger partial charge in [-0.2, -0.15) is 0 Å². The van der Waals surface area contributed by atoms with Gasteiger partial charge in [0.05, 0.1) is 24.9 Å². The molecule has 0 bridgehead atoms. The number of anilines is 1. The van der Waals surface area contributed by atoms with Gasteiger partial charge >= 0.3 is 0 Å². The van der Waals surface area contributed by atoms with Crippen molar-refractivity contribution >= 4 is 17.2 Å². The summed E-state index contributed by atoms with van der Waals surface area (Å²) in [6, 6.07) is 19.3. The minimum atomic E-state index is -0.0717. The van der Waals surface area contributed by atoms with Crippen LogP contribution in [0.15, 0.2) is 73.1 Å². The van der Waals surface area contributed by atoms with Crippen LogP contribution in [-0.4, -0.2) is 22.4 Å². The highest BCUT2D eigenvalue weighted by Gasteiger charge is 2.12. The number of fused-ring (bicyclic) bond motifs is 1. The zero-order valence-electron chi connectivity index (χ0n) is 15.8. The number of aryl methyl sites for hydroxylation is 1. The lowest BCUT2D eigenvalue weighted by Gasteiger charge is -2.10. The smallest absolute Gasteiger partial charge is 0.228 e. The Morgan fingerprint density at radius 2 is 1.86 bits per heavy atom. The minimum Gasteiger partial charge on any atom is -0.497 e. The number of amides is 1. The summed E-state index contributed by atoms with van der Waals surface area (Å²) in [5, 5.41) is 3.03. The fourth-order valence-corrected chi connectivity index (χ4v) is 3.22. The Balaban J connectivity index is 1.58. The van der Waals surface area contributed by atoms with E-state index in [0.717, 1.165) is 39.5 Å². The second-order valence-corrected chi connectivity index (χ2v) is 6.67. The Bertz CT molecular complexity index is 1130. The van der Waals surface area contributed by atoms with Crippen molar-refractivity contribution in [2.75, 3.05) is 12.4 Å². The summed E-state index contributed by atoms with van der Waals surface area (Å²) >= 11 is 0. The molecule has 2 aromatic heterocycles. The summed E-state index contributed by atoms with van der Waals surface area (Å²) in [5.41, 5.74) is 5.43. The van der Waals surface area contributed by atoms with Crippen LogP contribution < -0.4 is 10.1 Å². The van der Waals surface area contributed by atoms with Crippen LogP contribution in [-0.2, 0) is 11.2 Å². The fraction of sp³-hybridized carbons (Fsp3) is 0.130. The zero-order valence-corrected chi connectivity index (χ0v) is 15.8. The maximum absolute atomic E-state index is 12.6. The molecule has 4 rings (SSSR count). The highest BCUT2D eigenvalue weighted by Crippen LogP contribution is 2.28. The van der Waals surface area contributed by atoms with Crippen molar-refractivity contribution in [3.8, 4) is 17.0 Å². The van der Waals surface area contributed by atoms with Crippen LogP contribution in [0.4, 0.5) is 5.69 Å². The standard InChI is InChI=1S/C23H21N3O2/c1-16-6-5-13-26-15-21(25-23(16)26)19-7-3-4-8-20(19)24-22(27)14-17-9-11-18(28-2)12-10-17/h3-13,15H,14H2,1-2H3,(H,24,27). The van der Waals surface area contributed by atoms with E-state index in [-0.39, 0.29) is 5.91 Å². The Labute approximate surface area is 163 Å². The van der Waals surface area contributed by atoms with Crippen LogP contribution in [0.25, 0.3) is 16.9 Å². The highest BCUT2D eigenvalue weighted by molar-refractivity contribution is 5.96. The molecule has 0 unspecified atom stereocenters. The number of benzene rings is 2. The van der Waals surface area contributed by atoms with Crippen molar-refractivity contribution in [1.29, 1.82) is 0 Å². The third kappa shape index (κ3) is 3.60. The first-order valence-corrected chi connectivity index (χ1v) is 9.10. The average Bonchev–Trinajstić information content (AvgIpc) is 3.14. The van der Waals surface area contributed by atoms with Crippen LogP contribution in [0.3, 0.4) is 0 Å². The lowest BCUT2D eigenvalue weighted by Crippen LogP contribution is -2.15. The molecule has 5 heteroatoms. The molecular weight excluding hydrogens is 350 g/mol. The van der Waals surface area contributed by atoms with Crippen molar-refractivity contribution < 1.29 is 9.53 Å². The molecule has 1 amide bonds. The molecule has 1 N–H and O–H groups in total. The molecule has 0 aliphatic heterocycles. The molecule has 28 heavy (non-hydrogen) atoms. The Kier molecular flexibility index (Phi) is 4.81. The monoisotopic (exact) mass is 371 g/mol. The molecule has 0 aliphatic rings. The maximum Gasteiger partial charge on any atom is 0.228 e. The van der Waals surface area contributed by atoms with Gasteiger partial charge < -0.3 is 14.5 Å². The molecular formula is C23H21N3O2. The maximum atomic E-state index is 12.6. The summed E-state index contributed by atoms with van der Waals surface area (Å²) in [6.45, 7) is 2.04. The van der Waals surface area contributed by atoms with E-state index in [1.54, 1.807) is 7.11 Å². The summed E-state index contributed by atoms with van der Waals surface area (Å²) in [5.74, 6) is 0.703. The van der Waals surface area contributed by atoms with Crippen LogP contribution in [0.1, 0.15) is 11.1 Å². The van der Waals surface area contributed by atoms with Crippen LogP contribution in [0.5, 0.6) is 5.75 Å². The van der Waals surface area contributed by atoms with E-state index >= 15 is 0 Å². The summed E-state index contributed by atoms with van der Waals surface area (Å²) in [4.78, 5) is 17.3. The number of nitrogens with one attached hydrogen (secondary N) is 1. The fourth-order valence-electron chi connectivity index (χ4n) is 3.22. The van der Waals surface area contributed by atoms with Gasteiger partial charge in [0.2, 0.25) is 5.91 Å². The van der Waals surface area contributed by atoms with Crippen molar-refractivity contribution in [2.24, 2.45) is 0 Å². The number of imidazole rings is 1. The second-order valence-electron chi connectivity index (χ2n) is 6.67. The van der Waals surface area contributed by atoms with Gasteiger partial charge in [-0.15, -0.1) is 0 Å². The van der Waals surface area contributed by atoms with Gasteiger partial charge in [0.25, 0.3) is 0 Å². The molecule has 0 saturated heterocycles. The van der Waals surface area contributed by atoms with Gasteiger partial charge in [-0.25, -0.2) is 4.98 Å². The number of pyridine rings is 1. The number of carbonyl (C=O) groups is 1. The molecule has 2 aromatic carbocycles. The van der Waals surface area contributed by atoms with E-state index in [4.69, 9.17) is 9.72 Å². The van der Waals surface area contributed by atoms with Crippen molar-refractivity contribution in [3.05, 3.63) is 84.2 Å². The molecule has 0 fully saturated rings. The molecule has 5 nitrogen and oxygen atoms in total. The third-order valence-corrected chi connectivity index (χ3v) is 4.68. The number of hydrogen-bond donors (Lipinski definition) is 1. The topological polar surface area (TPSA) is 55.6 Å². The van der Waals surface area contributed by atoms with Gasteiger partial charge in [-0.05, 0) is 42.3 Å². The van der Waals surface area contributed by atoms with Gasteiger partial charge in [0.15, 0.2) is 0 Å². The predicted molar refractivity (Wildman–Crippen MR) is 111 cm³/mol. The molecule has 4 aromatic rings. The minimum absolute atomic E-state index is 0.0717. The van der Waals surface area contributed by atoms with Crippen molar-refractivity contribution in [2.45, 2.75) is 13.3 Å². The van der Waals surface area contributed by atoms with Gasteiger partial charge in [0.1, 0.15) is 11.4 Å². The molecule has 0 saturated carbocycles. The van der Waals surface area contributed by atoms with Gasteiger partial charge in [0, 0.05) is 18.0 Å². The largest absolute Gasteiger partial charge is 0.497 e. The molecule has 2 heterocycles.